The van der Waals surface area contributed by atoms with E-state index >= 15 is 0 Å². The van der Waals surface area contributed by atoms with Crippen molar-refractivity contribution in [3.63, 3.8) is 0 Å². The minimum absolute atomic E-state index is 0.571. The summed E-state index contributed by atoms with van der Waals surface area (Å²) in [4.78, 5) is 9.84. The first-order valence-electron chi connectivity index (χ1n) is 19.5. The highest BCUT2D eigenvalue weighted by Gasteiger charge is 2.24. The second kappa shape index (κ2) is 14.0. The average Bonchev–Trinajstić information content (AvgIpc) is 3.91. The maximum Gasteiger partial charge on any atom is 0.227 e. The lowest BCUT2D eigenvalue weighted by Crippen LogP contribution is -2.11. The molecular weight excluding hydrogens is 711 g/mol. The number of rotatable bonds is 8. The van der Waals surface area contributed by atoms with Gasteiger partial charge in [0, 0.05) is 50.2 Å². The van der Waals surface area contributed by atoms with Gasteiger partial charge in [0.05, 0.1) is 5.69 Å². The van der Waals surface area contributed by atoms with Gasteiger partial charge in [-0.1, -0.05) is 115 Å². The van der Waals surface area contributed by atoms with E-state index in [1.54, 1.807) is 0 Å². The van der Waals surface area contributed by atoms with Gasteiger partial charge in [-0.3, -0.25) is 0 Å². The Labute approximate surface area is 335 Å². The van der Waals surface area contributed by atoms with Gasteiger partial charge >= 0.3 is 0 Å². The molecule has 2 aromatic heterocycles. The number of oxazole rings is 1. The van der Waals surface area contributed by atoms with Crippen LogP contribution < -0.4 is 9.80 Å². The van der Waals surface area contributed by atoms with Gasteiger partial charge in [-0.25, -0.2) is 4.98 Å². The molecule has 274 valence electrons. The van der Waals surface area contributed by atoms with Crippen LogP contribution in [-0.2, 0) is 0 Å². The molecule has 5 nitrogen and oxygen atoms in total. The predicted molar refractivity (Wildman–Crippen MR) is 239 cm³/mol. The van der Waals surface area contributed by atoms with Crippen LogP contribution in [0.5, 0.6) is 0 Å². The summed E-state index contributed by atoms with van der Waals surface area (Å²) in [6.45, 7) is 0. The van der Waals surface area contributed by atoms with E-state index in [9.17, 15) is 0 Å². The van der Waals surface area contributed by atoms with Gasteiger partial charge in [0.15, 0.2) is 5.58 Å². The van der Waals surface area contributed by atoms with Crippen molar-refractivity contribution in [2.24, 2.45) is 0 Å². The van der Waals surface area contributed by atoms with Crippen LogP contribution in [0.25, 0.3) is 66.4 Å². The van der Waals surface area contributed by atoms with Crippen LogP contribution in [-0.4, -0.2) is 4.98 Å². The molecule has 9 aromatic carbocycles. The molecule has 0 fully saturated rings. The summed E-state index contributed by atoms with van der Waals surface area (Å²) >= 11 is 0. The zero-order chi connectivity index (χ0) is 38.4. The number of furan rings is 1. The topological polar surface area (TPSA) is 45.7 Å². The molecule has 0 atom stereocenters. The zero-order valence-electron chi connectivity index (χ0n) is 31.4. The Kier molecular flexibility index (Phi) is 8.07. The molecule has 2 heterocycles. The summed E-state index contributed by atoms with van der Waals surface area (Å²) in [6, 6.07) is 73.9. The number of fused-ring (bicyclic) bond motifs is 6. The summed E-state index contributed by atoms with van der Waals surface area (Å²) in [5.74, 6) is 0.571. The zero-order valence-corrected chi connectivity index (χ0v) is 31.4. The smallest absolute Gasteiger partial charge is 0.227 e. The Hall–Kier alpha value is -7.89. The van der Waals surface area contributed by atoms with Crippen molar-refractivity contribution in [3.8, 4) is 22.6 Å². The maximum absolute atomic E-state index is 6.80. The molecule has 0 saturated carbocycles. The molecule has 0 saturated heterocycles. The highest BCUT2D eigenvalue weighted by atomic mass is 16.3. The Bertz CT molecular complexity index is 3210. The predicted octanol–water partition coefficient (Wildman–Crippen LogP) is 15.2. The van der Waals surface area contributed by atoms with Gasteiger partial charge in [0.25, 0.3) is 0 Å². The van der Waals surface area contributed by atoms with E-state index in [1.807, 2.05) is 54.6 Å². The first-order chi connectivity index (χ1) is 28.7. The van der Waals surface area contributed by atoms with E-state index in [1.165, 1.54) is 11.1 Å². The number of anilines is 6. The van der Waals surface area contributed by atoms with Crippen LogP contribution in [0.15, 0.2) is 221 Å². The molecule has 0 aliphatic rings. The van der Waals surface area contributed by atoms with Crippen LogP contribution >= 0.6 is 0 Å². The van der Waals surface area contributed by atoms with Crippen LogP contribution in [0.3, 0.4) is 0 Å². The molecule has 58 heavy (non-hydrogen) atoms. The molecule has 0 N–H and O–H groups in total. The lowest BCUT2D eigenvalue weighted by atomic mass is 10.0. The lowest BCUT2D eigenvalue weighted by Gasteiger charge is -2.27. The number of para-hydroxylation sites is 3. The summed E-state index contributed by atoms with van der Waals surface area (Å²) < 4.78 is 13.1. The van der Waals surface area contributed by atoms with Gasteiger partial charge < -0.3 is 18.6 Å². The maximum atomic E-state index is 6.80. The molecule has 11 rings (SSSR count). The molecule has 0 radical (unpaired) electrons. The fraction of sp³-hybridized carbons (Fsp3) is 0. The Morgan fingerprint density at radius 3 is 1.60 bits per heavy atom. The Balaban J connectivity index is 1.14. The normalized spacial score (nSPS) is 11.4. The van der Waals surface area contributed by atoms with Crippen molar-refractivity contribution in [1.82, 2.24) is 4.98 Å². The SMILES string of the molecule is c1ccc(-c2ccc(N(c3ccccc3)c3ccc4c(c3)cc(N(c3ccccc3)c3ccc5oc6ccccc6c5c3)c3nc(-c5ccccc5)oc34)cc2)cc1. The molecule has 0 spiro atoms. The fourth-order valence-corrected chi connectivity index (χ4v) is 8.10. The van der Waals surface area contributed by atoms with Crippen molar-refractivity contribution in [1.29, 1.82) is 0 Å². The standard InChI is InChI=1S/C53H35N3O2/c1-5-15-36(16-6-1)37-25-27-42(28-26-37)55(40-19-9-3-10-20-40)43-29-31-45-39(33-43)34-48(51-52(45)58-53(54-51)38-17-7-2-8-18-38)56(41-21-11-4-12-22-41)44-30-32-50-47(35-44)46-23-13-14-24-49(46)57-50/h1-35H. The first kappa shape index (κ1) is 33.4. The first-order valence-corrected chi connectivity index (χ1v) is 19.5. The van der Waals surface area contributed by atoms with E-state index in [2.05, 4.69) is 168 Å². The van der Waals surface area contributed by atoms with Crippen LogP contribution in [0.1, 0.15) is 0 Å². The van der Waals surface area contributed by atoms with E-state index in [0.29, 0.717) is 5.89 Å². The van der Waals surface area contributed by atoms with Gasteiger partial charge in [-0.15, -0.1) is 0 Å². The number of hydrogen-bond donors (Lipinski definition) is 0. The van der Waals surface area contributed by atoms with Crippen molar-refractivity contribution in [3.05, 3.63) is 212 Å². The third kappa shape index (κ3) is 5.85. The third-order valence-corrected chi connectivity index (χ3v) is 10.8. The van der Waals surface area contributed by atoms with Crippen molar-refractivity contribution < 1.29 is 8.83 Å². The summed E-state index contributed by atoms with van der Waals surface area (Å²) in [5.41, 5.74) is 12.5. The highest BCUT2D eigenvalue weighted by Crippen LogP contribution is 2.46. The van der Waals surface area contributed by atoms with Crippen molar-refractivity contribution in [2.45, 2.75) is 0 Å². The van der Waals surface area contributed by atoms with Crippen LogP contribution in [0, 0.1) is 0 Å². The van der Waals surface area contributed by atoms with Crippen molar-refractivity contribution in [2.75, 3.05) is 9.80 Å². The fourth-order valence-electron chi connectivity index (χ4n) is 8.10. The number of benzene rings is 9. The Morgan fingerprint density at radius 2 is 0.879 bits per heavy atom. The average molecular weight is 746 g/mol. The summed E-state index contributed by atoms with van der Waals surface area (Å²) in [5, 5.41) is 4.13. The van der Waals surface area contributed by atoms with Crippen molar-refractivity contribution >= 4 is 77.9 Å². The monoisotopic (exact) mass is 745 g/mol. The summed E-state index contributed by atoms with van der Waals surface area (Å²) in [7, 11) is 0. The van der Waals surface area contributed by atoms with Gasteiger partial charge in [-0.05, 0) is 114 Å². The molecule has 11 aromatic rings. The summed E-state index contributed by atoms with van der Waals surface area (Å²) in [6.07, 6.45) is 0. The molecule has 5 heteroatoms. The van der Waals surface area contributed by atoms with Crippen LogP contribution in [0.4, 0.5) is 34.1 Å². The van der Waals surface area contributed by atoms with E-state index in [4.69, 9.17) is 13.8 Å². The molecular formula is C53H35N3O2. The van der Waals surface area contributed by atoms with E-state index < -0.39 is 0 Å². The largest absolute Gasteiger partial charge is 0.456 e. The minimum atomic E-state index is 0.571. The number of hydrogen-bond acceptors (Lipinski definition) is 5. The van der Waals surface area contributed by atoms with Gasteiger partial charge in [-0.2, -0.15) is 0 Å². The van der Waals surface area contributed by atoms with E-state index in [-0.39, 0.29) is 0 Å². The minimum Gasteiger partial charge on any atom is -0.456 e. The van der Waals surface area contributed by atoms with E-state index in [0.717, 1.165) is 83.5 Å². The molecule has 0 amide bonds. The number of nitrogens with zero attached hydrogens (tertiary/aromatic N) is 3. The van der Waals surface area contributed by atoms with Crippen LogP contribution in [0.2, 0.25) is 0 Å². The number of aromatic nitrogens is 1. The second-order valence-electron chi connectivity index (χ2n) is 14.4. The van der Waals surface area contributed by atoms with Gasteiger partial charge in [0.2, 0.25) is 5.89 Å². The molecule has 0 bridgehead atoms. The molecule has 0 unspecified atom stereocenters. The lowest BCUT2D eigenvalue weighted by molar-refractivity contribution is 0.623. The quantitative estimate of drug-likeness (QED) is 0.155. The highest BCUT2D eigenvalue weighted by molar-refractivity contribution is 6.13. The molecule has 0 aliphatic heterocycles. The molecule has 0 aliphatic carbocycles. The van der Waals surface area contributed by atoms with Gasteiger partial charge in [0.1, 0.15) is 16.7 Å². The second-order valence-corrected chi connectivity index (χ2v) is 14.4. The third-order valence-electron chi connectivity index (χ3n) is 10.8. The Morgan fingerprint density at radius 1 is 0.345 bits per heavy atom.